The highest BCUT2D eigenvalue weighted by Crippen LogP contribution is 2.36. The maximum Gasteiger partial charge on any atom is 0.257 e. The smallest absolute Gasteiger partial charge is 0.257 e. The van der Waals surface area contributed by atoms with Crippen molar-refractivity contribution in [3.63, 3.8) is 0 Å². The Labute approximate surface area is 177 Å². The van der Waals surface area contributed by atoms with Crippen molar-refractivity contribution in [3.8, 4) is 0 Å². The molecule has 1 fully saturated rings. The molecule has 1 aliphatic rings. The molecule has 3 atom stereocenters. The van der Waals surface area contributed by atoms with Crippen LogP contribution < -0.4 is 10.2 Å². The summed E-state index contributed by atoms with van der Waals surface area (Å²) in [6.07, 6.45) is 3.49. The van der Waals surface area contributed by atoms with Gasteiger partial charge in [0.05, 0.1) is 31.0 Å². The van der Waals surface area contributed by atoms with E-state index in [4.69, 9.17) is 0 Å². The summed E-state index contributed by atoms with van der Waals surface area (Å²) in [5.41, 5.74) is 0.727. The molecule has 4 rings (SSSR count). The topological polar surface area (TPSA) is 103 Å². The average molecular weight is 431 g/mol. The average Bonchev–Trinajstić information content (AvgIpc) is 3.40. The van der Waals surface area contributed by atoms with Crippen LogP contribution in [-0.4, -0.2) is 56.0 Å². The summed E-state index contributed by atoms with van der Waals surface area (Å²) in [5.74, 6) is -0.994. The van der Waals surface area contributed by atoms with E-state index < -0.39 is 36.3 Å². The van der Waals surface area contributed by atoms with E-state index in [2.05, 4.69) is 15.4 Å². The molecule has 1 aliphatic heterocycles. The zero-order chi connectivity index (χ0) is 22.1. The summed E-state index contributed by atoms with van der Waals surface area (Å²) < 4.78 is 29.6. The molecule has 2 aromatic heterocycles. The number of anilines is 1. The largest absolute Gasteiger partial charge is 0.394 e. The Bertz CT molecular complexity index is 1100. The van der Waals surface area contributed by atoms with Gasteiger partial charge >= 0.3 is 0 Å². The van der Waals surface area contributed by atoms with E-state index in [-0.39, 0.29) is 22.8 Å². The van der Waals surface area contributed by atoms with E-state index in [1.54, 1.807) is 12.3 Å². The van der Waals surface area contributed by atoms with Crippen LogP contribution in [0.1, 0.15) is 41.7 Å². The van der Waals surface area contributed by atoms with Crippen LogP contribution in [-0.2, 0) is 0 Å². The minimum atomic E-state index is -0.939. The third-order valence-electron chi connectivity index (χ3n) is 5.56. The predicted octanol–water partition coefficient (Wildman–Crippen LogP) is 1.82. The highest BCUT2D eigenvalue weighted by Gasteiger charge is 2.30. The number of rotatable bonds is 6. The second kappa shape index (κ2) is 8.56. The fraction of sp³-hybridized carbons (Fsp3) is 0.381. The zero-order valence-corrected chi connectivity index (χ0v) is 16.9. The van der Waals surface area contributed by atoms with Gasteiger partial charge in [0.2, 0.25) is 0 Å². The lowest BCUT2D eigenvalue weighted by molar-refractivity contribution is 0.0759. The second-order valence-electron chi connectivity index (χ2n) is 7.63. The number of hydrogen-bond acceptors (Lipinski definition) is 6. The number of carbonyl (C=O) groups excluding carboxylic acids is 1. The van der Waals surface area contributed by atoms with E-state index >= 15 is 0 Å². The van der Waals surface area contributed by atoms with Gasteiger partial charge in [0.25, 0.3) is 5.91 Å². The third kappa shape index (κ3) is 4.08. The molecule has 1 saturated heterocycles. The first-order valence-electron chi connectivity index (χ1n) is 10.0. The molecule has 2 unspecified atom stereocenters. The van der Waals surface area contributed by atoms with Crippen LogP contribution in [0.2, 0.25) is 0 Å². The molecule has 0 radical (unpaired) electrons. The van der Waals surface area contributed by atoms with Gasteiger partial charge in [0, 0.05) is 18.3 Å². The van der Waals surface area contributed by atoms with Crippen molar-refractivity contribution in [2.45, 2.75) is 38.0 Å². The highest BCUT2D eigenvalue weighted by molar-refractivity contribution is 6.00. The third-order valence-corrected chi connectivity index (χ3v) is 5.56. The van der Waals surface area contributed by atoms with Crippen molar-refractivity contribution in [3.05, 3.63) is 59.4 Å². The Kier molecular flexibility index (Phi) is 5.84. The summed E-state index contributed by atoms with van der Waals surface area (Å²) in [6, 6.07) is 3.93. The molecule has 10 heteroatoms. The van der Waals surface area contributed by atoms with Crippen LogP contribution in [0, 0.1) is 11.6 Å². The first-order chi connectivity index (χ1) is 14.9. The monoisotopic (exact) mass is 431 g/mol. The Morgan fingerprint density at radius 3 is 2.90 bits per heavy atom. The Hall–Kier alpha value is -3.11. The first kappa shape index (κ1) is 21.1. The summed E-state index contributed by atoms with van der Waals surface area (Å²) in [5, 5.41) is 25.7. The quantitative estimate of drug-likeness (QED) is 0.550. The SMILES string of the molecule is CC(O)C(CO)NC(=O)c1cnn2ccc(N3CCC[C@@H]3c3cc(F)ccc3F)nc12. The molecular weight excluding hydrogens is 408 g/mol. The molecule has 0 saturated carbocycles. The number of fused-ring (bicyclic) bond motifs is 1. The van der Waals surface area contributed by atoms with Crippen LogP contribution >= 0.6 is 0 Å². The summed E-state index contributed by atoms with van der Waals surface area (Å²) in [6.45, 7) is 1.65. The molecule has 164 valence electrons. The van der Waals surface area contributed by atoms with Gasteiger partial charge in [-0.3, -0.25) is 4.79 Å². The fourth-order valence-electron chi connectivity index (χ4n) is 3.88. The van der Waals surface area contributed by atoms with Crippen molar-refractivity contribution >= 4 is 17.4 Å². The number of halogens is 2. The molecule has 0 spiro atoms. The van der Waals surface area contributed by atoms with E-state index in [0.717, 1.165) is 18.6 Å². The maximum absolute atomic E-state index is 14.4. The van der Waals surface area contributed by atoms with Crippen molar-refractivity contribution in [2.24, 2.45) is 0 Å². The Morgan fingerprint density at radius 2 is 2.16 bits per heavy atom. The van der Waals surface area contributed by atoms with Crippen LogP contribution in [0.3, 0.4) is 0 Å². The molecule has 31 heavy (non-hydrogen) atoms. The van der Waals surface area contributed by atoms with E-state index in [9.17, 15) is 23.8 Å². The number of nitrogens with zero attached hydrogens (tertiary/aromatic N) is 4. The molecule has 8 nitrogen and oxygen atoms in total. The molecular formula is C21H23F2N5O3. The minimum absolute atomic E-state index is 0.175. The zero-order valence-electron chi connectivity index (χ0n) is 16.9. The Morgan fingerprint density at radius 1 is 1.35 bits per heavy atom. The van der Waals surface area contributed by atoms with Crippen molar-refractivity contribution in [1.29, 1.82) is 0 Å². The predicted molar refractivity (Wildman–Crippen MR) is 109 cm³/mol. The summed E-state index contributed by atoms with van der Waals surface area (Å²) in [4.78, 5) is 19.1. The molecule has 0 bridgehead atoms. The van der Waals surface area contributed by atoms with Crippen molar-refractivity contribution < 1.29 is 23.8 Å². The van der Waals surface area contributed by atoms with E-state index in [0.29, 0.717) is 18.8 Å². The van der Waals surface area contributed by atoms with Crippen molar-refractivity contribution in [2.75, 3.05) is 18.1 Å². The van der Waals surface area contributed by atoms with Gasteiger partial charge in [-0.1, -0.05) is 0 Å². The van der Waals surface area contributed by atoms with Gasteiger partial charge in [-0.15, -0.1) is 0 Å². The Balaban J connectivity index is 1.67. The molecule has 0 aliphatic carbocycles. The van der Waals surface area contributed by atoms with Gasteiger partial charge in [-0.25, -0.2) is 18.3 Å². The normalized spacial score (nSPS) is 18.4. The lowest BCUT2D eigenvalue weighted by Gasteiger charge is -2.26. The van der Waals surface area contributed by atoms with E-state index in [1.165, 1.54) is 23.7 Å². The van der Waals surface area contributed by atoms with Gasteiger partial charge in [0.1, 0.15) is 23.0 Å². The number of aliphatic hydroxyl groups excluding tert-OH is 2. The van der Waals surface area contributed by atoms with Gasteiger partial charge in [-0.2, -0.15) is 5.10 Å². The number of hydrogen-bond donors (Lipinski definition) is 3. The molecule has 1 aromatic carbocycles. The molecule has 3 heterocycles. The van der Waals surface area contributed by atoms with Crippen LogP contribution in [0.15, 0.2) is 36.7 Å². The van der Waals surface area contributed by atoms with Crippen LogP contribution in [0.25, 0.3) is 5.65 Å². The number of carbonyl (C=O) groups is 1. The van der Waals surface area contributed by atoms with Crippen molar-refractivity contribution in [1.82, 2.24) is 19.9 Å². The molecule has 3 N–H and O–H groups in total. The lowest BCUT2D eigenvalue weighted by Crippen LogP contribution is -2.44. The van der Waals surface area contributed by atoms with Gasteiger partial charge in [-0.05, 0) is 44.0 Å². The first-order valence-corrected chi connectivity index (χ1v) is 10.0. The van der Waals surface area contributed by atoms with Crippen LogP contribution in [0.4, 0.5) is 14.6 Å². The number of benzene rings is 1. The second-order valence-corrected chi connectivity index (χ2v) is 7.63. The number of aliphatic hydroxyl groups is 2. The number of amides is 1. The minimum Gasteiger partial charge on any atom is -0.394 e. The number of aromatic nitrogens is 3. The molecule has 1 amide bonds. The molecule has 3 aromatic rings. The van der Waals surface area contributed by atoms with Gasteiger partial charge in [0.15, 0.2) is 5.65 Å². The van der Waals surface area contributed by atoms with E-state index in [1.807, 2.05) is 4.90 Å². The summed E-state index contributed by atoms with van der Waals surface area (Å²) >= 11 is 0. The lowest BCUT2D eigenvalue weighted by atomic mass is 10.0. The fourth-order valence-corrected chi connectivity index (χ4v) is 3.88. The highest BCUT2D eigenvalue weighted by atomic mass is 19.1. The van der Waals surface area contributed by atoms with Crippen LogP contribution in [0.5, 0.6) is 0 Å². The maximum atomic E-state index is 14.4. The summed E-state index contributed by atoms with van der Waals surface area (Å²) in [7, 11) is 0. The van der Waals surface area contributed by atoms with Gasteiger partial charge < -0.3 is 20.4 Å². The standard InChI is InChI=1S/C21H23F2N5O3/c1-12(30)17(11-29)25-21(31)15-10-24-28-8-6-19(26-20(15)28)27-7-2-3-18(27)14-9-13(22)4-5-16(14)23/h4-6,8-10,12,17-18,29-30H,2-3,7,11H2,1H3,(H,25,31)/t12?,17?,18-/m1/s1. The number of nitrogens with one attached hydrogen (secondary N) is 1.